The molecule has 8 nitrogen and oxygen atoms in total. The first-order chi connectivity index (χ1) is 22.2. The SMILES string of the molecule is CC(C)CC1(OC(=O)/C=C\C(=O)OC2(CC(C)C)c3ccccc3CN2c2ccncc2)c2ccccc2CN1c1ccncc1. The van der Waals surface area contributed by atoms with Gasteiger partial charge in [0.05, 0.1) is 0 Å². The van der Waals surface area contributed by atoms with Crippen LogP contribution in [0, 0.1) is 11.8 Å². The third-order valence-corrected chi connectivity index (χ3v) is 8.62. The molecule has 0 spiro atoms. The number of nitrogens with zero attached hydrogens (tertiary/aromatic N) is 4. The number of carbonyl (C=O) groups excluding carboxylic acids is 2. The molecule has 46 heavy (non-hydrogen) atoms. The number of carbonyl (C=O) groups is 2. The maximum Gasteiger partial charge on any atom is 0.333 e. The number of ether oxygens (including phenoxy) is 2. The van der Waals surface area contributed by atoms with Gasteiger partial charge in [0.1, 0.15) is 0 Å². The topological polar surface area (TPSA) is 84.9 Å². The van der Waals surface area contributed by atoms with E-state index in [2.05, 4.69) is 59.6 Å². The molecule has 4 aromatic rings. The largest absolute Gasteiger partial charge is 0.431 e. The van der Waals surface area contributed by atoms with Crippen LogP contribution in [0.25, 0.3) is 0 Å². The molecule has 236 valence electrons. The molecule has 2 aliphatic rings. The van der Waals surface area contributed by atoms with Crippen molar-refractivity contribution in [1.29, 1.82) is 0 Å². The lowest BCUT2D eigenvalue weighted by Crippen LogP contribution is -2.46. The molecule has 0 amide bonds. The van der Waals surface area contributed by atoms with E-state index in [0.717, 1.165) is 33.6 Å². The number of aromatic nitrogens is 2. The Hall–Kier alpha value is -4.98. The van der Waals surface area contributed by atoms with Crippen LogP contribution < -0.4 is 9.80 Å². The summed E-state index contributed by atoms with van der Waals surface area (Å²) in [6, 6.07) is 23.8. The van der Waals surface area contributed by atoms with E-state index in [-0.39, 0.29) is 11.8 Å². The summed E-state index contributed by atoms with van der Waals surface area (Å²) >= 11 is 0. The van der Waals surface area contributed by atoms with E-state index in [1.807, 2.05) is 60.7 Å². The number of rotatable bonds is 10. The van der Waals surface area contributed by atoms with Gasteiger partial charge in [-0.1, -0.05) is 76.2 Å². The molecule has 0 radical (unpaired) electrons. The van der Waals surface area contributed by atoms with Gasteiger partial charge < -0.3 is 19.3 Å². The van der Waals surface area contributed by atoms with Crippen molar-refractivity contribution in [3.63, 3.8) is 0 Å². The van der Waals surface area contributed by atoms with Crippen molar-refractivity contribution in [1.82, 2.24) is 9.97 Å². The fourth-order valence-electron chi connectivity index (χ4n) is 7.00. The molecule has 0 aliphatic carbocycles. The Labute approximate surface area is 270 Å². The number of fused-ring (bicyclic) bond motifs is 2. The van der Waals surface area contributed by atoms with Gasteiger partial charge >= 0.3 is 11.9 Å². The molecule has 2 aromatic carbocycles. The van der Waals surface area contributed by atoms with Crippen LogP contribution in [0.1, 0.15) is 62.8 Å². The average Bonchev–Trinajstić information content (AvgIpc) is 3.52. The zero-order valence-corrected chi connectivity index (χ0v) is 26.8. The van der Waals surface area contributed by atoms with Crippen LogP contribution in [-0.4, -0.2) is 21.9 Å². The van der Waals surface area contributed by atoms with Crippen molar-refractivity contribution in [2.45, 2.75) is 65.1 Å². The zero-order valence-electron chi connectivity index (χ0n) is 26.8. The summed E-state index contributed by atoms with van der Waals surface area (Å²) < 4.78 is 12.8. The minimum atomic E-state index is -1.06. The van der Waals surface area contributed by atoms with Crippen LogP contribution in [0.2, 0.25) is 0 Å². The number of hydrogen-bond donors (Lipinski definition) is 0. The number of anilines is 2. The van der Waals surface area contributed by atoms with E-state index < -0.39 is 23.4 Å². The van der Waals surface area contributed by atoms with Crippen LogP contribution in [-0.2, 0) is 43.6 Å². The Morgan fingerprint density at radius 1 is 0.652 bits per heavy atom. The molecule has 2 atom stereocenters. The zero-order chi connectivity index (χ0) is 32.3. The van der Waals surface area contributed by atoms with Gasteiger partial charge in [0, 0.05) is 85.4 Å². The lowest BCUT2D eigenvalue weighted by Gasteiger charge is -2.41. The highest BCUT2D eigenvalue weighted by Crippen LogP contribution is 2.48. The molecule has 2 aliphatic heterocycles. The predicted molar refractivity (Wildman–Crippen MR) is 177 cm³/mol. The first-order valence-corrected chi connectivity index (χ1v) is 15.9. The Balaban J connectivity index is 1.31. The highest BCUT2D eigenvalue weighted by Gasteiger charge is 2.50. The third-order valence-electron chi connectivity index (χ3n) is 8.62. The Morgan fingerprint density at radius 2 is 1.02 bits per heavy atom. The molecule has 0 fully saturated rings. The first-order valence-electron chi connectivity index (χ1n) is 15.9. The van der Waals surface area contributed by atoms with Gasteiger partial charge in [-0.05, 0) is 47.2 Å². The monoisotopic (exact) mass is 616 g/mol. The molecule has 6 rings (SSSR count). The number of esters is 2. The predicted octanol–water partition coefficient (Wildman–Crippen LogP) is 7.26. The maximum absolute atomic E-state index is 13.7. The summed E-state index contributed by atoms with van der Waals surface area (Å²) in [4.78, 5) is 40.0. The lowest BCUT2D eigenvalue weighted by atomic mass is 9.92. The summed E-state index contributed by atoms with van der Waals surface area (Å²) in [5.74, 6) is -0.836. The molecule has 0 saturated carbocycles. The van der Waals surface area contributed by atoms with Crippen LogP contribution >= 0.6 is 0 Å². The van der Waals surface area contributed by atoms with Gasteiger partial charge in [-0.25, -0.2) is 9.59 Å². The molecule has 0 saturated heterocycles. The van der Waals surface area contributed by atoms with E-state index in [1.165, 1.54) is 12.2 Å². The molecule has 2 unspecified atom stereocenters. The molecule has 4 heterocycles. The third kappa shape index (κ3) is 5.87. The standard InChI is InChI=1S/C38H40N4O4/c1-27(2)23-37(33-11-7-5-9-29(33)25-41(37)31-15-19-39-20-16-31)45-35(43)13-14-36(44)46-38(24-28(3)4)34-12-8-6-10-30(34)26-42(38)32-17-21-40-22-18-32/h5-22,27-28H,23-26H2,1-4H3/b14-13-. The minimum Gasteiger partial charge on any atom is -0.431 e. The Bertz CT molecular complexity index is 1600. The van der Waals surface area contributed by atoms with E-state index in [0.29, 0.717) is 25.9 Å². The van der Waals surface area contributed by atoms with Crippen molar-refractivity contribution < 1.29 is 19.1 Å². The van der Waals surface area contributed by atoms with E-state index >= 15 is 0 Å². The van der Waals surface area contributed by atoms with Gasteiger partial charge in [-0.15, -0.1) is 0 Å². The van der Waals surface area contributed by atoms with Gasteiger partial charge in [0.15, 0.2) is 0 Å². The summed E-state index contributed by atoms with van der Waals surface area (Å²) in [7, 11) is 0. The minimum absolute atomic E-state index is 0.203. The Morgan fingerprint density at radius 3 is 1.39 bits per heavy atom. The molecule has 2 aromatic heterocycles. The van der Waals surface area contributed by atoms with Crippen molar-refractivity contribution >= 4 is 23.3 Å². The number of hydrogen-bond acceptors (Lipinski definition) is 8. The van der Waals surface area contributed by atoms with Crippen LogP contribution in [0.3, 0.4) is 0 Å². The van der Waals surface area contributed by atoms with Crippen LogP contribution in [0.15, 0.2) is 110 Å². The number of benzene rings is 2. The fourth-order valence-corrected chi connectivity index (χ4v) is 7.00. The highest BCUT2D eigenvalue weighted by molar-refractivity contribution is 5.92. The molecule has 0 bridgehead atoms. The molecular weight excluding hydrogens is 576 g/mol. The van der Waals surface area contributed by atoms with E-state index in [1.54, 1.807) is 24.8 Å². The molecule has 0 N–H and O–H groups in total. The summed E-state index contributed by atoms with van der Waals surface area (Å²) in [6.45, 7) is 9.59. The van der Waals surface area contributed by atoms with Gasteiger partial charge in [-0.2, -0.15) is 0 Å². The van der Waals surface area contributed by atoms with E-state index in [9.17, 15) is 9.59 Å². The van der Waals surface area contributed by atoms with Crippen LogP contribution in [0.5, 0.6) is 0 Å². The van der Waals surface area contributed by atoms with Crippen molar-refractivity contribution in [3.05, 3.63) is 132 Å². The van der Waals surface area contributed by atoms with E-state index in [4.69, 9.17) is 9.47 Å². The van der Waals surface area contributed by atoms with Crippen molar-refractivity contribution in [2.24, 2.45) is 11.8 Å². The smallest absolute Gasteiger partial charge is 0.333 e. The maximum atomic E-state index is 13.7. The van der Waals surface area contributed by atoms with Gasteiger partial charge in [0.2, 0.25) is 11.4 Å². The Kier molecular flexibility index (Phi) is 8.63. The normalized spacial score (nSPS) is 20.3. The van der Waals surface area contributed by atoms with Crippen molar-refractivity contribution in [2.75, 3.05) is 9.80 Å². The molecule has 8 heteroatoms. The summed E-state index contributed by atoms with van der Waals surface area (Å²) in [5, 5.41) is 0. The highest BCUT2D eigenvalue weighted by atomic mass is 16.6. The lowest BCUT2D eigenvalue weighted by molar-refractivity contribution is -0.159. The van der Waals surface area contributed by atoms with Crippen molar-refractivity contribution in [3.8, 4) is 0 Å². The van der Waals surface area contributed by atoms with Crippen LogP contribution in [0.4, 0.5) is 11.4 Å². The second kappa shape index (κ2) is 12.8. The average molecular weight is 617 g/mol. The molecular formula is C38H40N4O4. The van der Waals surface area contributed by atoms with Gasteiger partial charge in [0.25, 0.3) is 0 Å². The quantitative estimate of drug-likeness (QED) is 0.136. The summed E-state index contributed by atoms with van der Waals surface area (Å²) in [5.41, 5.74) is 3.74. The summed E-state index contributed by atoms with van der Waals surface area (Å²) in [6.07, 6.45) is 10.4. The fraction of sp³-hybridized carbons (Fsp3) is 0.316. The second-order valence-corrected chi connectivity index (χ2v) is 12.8. The first kappa shape index (κ1) is 31.0. The van der Waals surface area contributed by atoms with Gasteiger partial charge in [-0.3, -0.25) is 9.97 Å². The number of pyridine rings is 2. The second-order valence-electron chi connectivity index (χ2n) is 12.8.